The summed E-state index contributed by atoms with van der Waals surface area (Å²) in [5.74, 6) is -0.649. The topological polar surface area (TPSA) is 413 Å². The lowest BCUT2D eigenvalue weighted by atomic mass is 10.2. The van der Waals surface area contributed by atoms with Gasteiger partial charge in [-0.15, -0.1) is 30.6 Å². The van der Waals surface area contributed by atoms with Gasteiger partial charge in [0.1, 0.15) is 81.5 Å². The Hall–Kier alpha value is -11.3. The van der Waals surface area contributed by atoms with E-state index in [2.05, 4.69) is 95.8 Å². The van der Waals surface area contributed by atoms with Crippen LogP contribution in [-0.2, 0) is 10.9 Å². The van der Waals surface area contributed by atoms with Crippen molar-refractivity contribution in [2.75, 3.05) is 23.5 Å². The van der Waals surface area contributed by atoms with Crippen LogP contribution in [0.15, 0.2) is 137 Å². The molecule has 3 aromatic carbocycles. The molecule has 0 fully saturated rings. The highest BCUT2D eigenvalue weighted by Gasteiger charge is 2.33. The molecule has 0 bridgehead atoms. The van der Waals surface area contributed by atoms with Crippen LogP contribution in [0.25, 0.3) is 34.8 Å². The zero-order chi connectivity index (χ0) is 64.9. The highest BCUT2D eigenvalue weighted by atomic mass is 35.5. The summed E-state index contributed by atoms with van der Waals surface area (Å²) in [6.07, 6.45) is 4.65. The van der Waals surface area contributed by atoms with Gasteiger partial charge in [-0.25, -0.2) is 82.8 Å². The number of nitrogens with two attached hydrogens (primary N) is 2. The Morgan fingerprint density at radius 1 is 0.521 bits per heavy atom. The van der Waals surface area contributed by atoms with Crippen LogP contribution in [0.4, 0.5) is 52.6 Å². The monoisotopic (exact) mass is 1390 g/mol. The van der Waals surface area contributed by atoms with E-state index in [4.69, 9.17) is 80.7 Å². The minimum absolute atomic E-state index is 0. The molecule has 11 aromatic rings. The van der Waals surface area contributed by atoms with Gasteiger partial charge in [0.05, 0.1) is 29.1 Å². The summed E-state index contributed by atoms with van der Waals surface area (Å²) in [7, 11) is 1.28. The molecule has 41 heteroatoms. The number of amides is 3. The molecule has 0 saturated carbocycles. The predicted octanol–water partition coefficient (Wildman–Crippen LogP) is 12.5. The Labute approximate surface area is 545 Å². The van der Waals surface area contributed by atoms with Crippen molar-refractivity contribution >= 4 is 81.4 Å². The number of ether oxygens (including phenoxy) is 3. The SMILES string of the molecule is C.C.C.C.COC(=O)c1cc(Cl)ncn1.Clc1cc(-c2nnco2)ncn1.NNC(=O)c1cc(Cl)ncn1.Nc1cc(Oc2cc(-c3nnco3)ncn2)c(F)cc1F.O=C(Nc1ccc(Cl)c(C(F)(F)F)c1)Nc1cc(Oc2cc(-c3nnco3)ncn2)c(F)cc1F. The third-order valence-corrected chi connectivity index (χ3v) is 10.9. The number of benzene rings is 3. The maximum atomic E-state index is 14.3. The first-order valence-corrected chi connectivity index (χ1v) is 25.1. The number of nitrogens with zero attached hydrogens (tertiary/aromatic N) is 16. The molecule has 8 aromatic heterocycles. The Kier molecular flexibility index (Phi) is 29.9. The molecular weight excluding hydrogens is 1350 g/mol. The smallest absolute Gasteiger partial charge is 0.417 e. The minimum atomic E-state index is -4.76. The van der Waals surface area contributed by atoms with Crippen LogP contribution in [-0.4, -0.2) is 105 Å². The molecule has 0 atom stereocenters. The average Bonchev–Trinajstić information content (AvgIpc) is 1.13. The van der Waals surface area contributed by atoms with Crippen LogP contribution in [0.5, 0.6) is 23.3 Å². The number of hydrogen-bond donors (Lipinski definition) is 5. The molecule has 0 unspecified atom stereocenters. The molecule has 0 radical (unpaired) electrons. The van der Waals surface area contributed by atoms with E-state index >= 15 is 0 Å². The van der Waals surface area contributed by atoms with Gasteiger partial charge in [0.15, 0.2) is 28.8 Å². The van der Waals surface area contributed by atoms with E-state index in [0.29, 0.717) is 40.6 Å². The number of methoxy groups -OCH3 is 1. The lowest BCUT2D eigenvalue weighted by Crippen LogP contribution is -2.30. The Balaban J connectivity index is 0.000000332. The molecule has 30 nitrogen and oxygen atoms in total. The minimum Gasteiger partial charge on any atom is -0.464 e. The first-order chi connectivity index (χ1) is 43.1. The van der Waals surface area contributed by atoms with E-state index < -0.39 is 69.4 Å². The van der Waals surface area contributed by atoms with Gasteiger partial charge >= 0.3 is 18.2 Å². The molecule has 0 spiro atoms. The van der Waals surface area contributed by atoms with E-state index in [0.717, 1.165) is 43.4 Å². The molecule has 0 aliphatic rings. The zero-order valence-electron chi connectivity index (χ0n) is 44.2. The molecule has 3 amide bonds. The number of nitrogen functional groups attached to an aromatic ring is 2. The summed E-state index contributed by atoms with van der Waals surface area (Å²) in [4.78, 5) is 71.3. The van der Waals surface area contributed by atoms with Gasteiger partial charge in [-0.3, -0.25) is 10.2 Å². The van der Waals surface area contributed by atoms with Gasteiger partial charge in [0.25, 0.3) is 23.6 Å². The lowest BCUT2D eigenvalue weighted by molar-refractivity contribution is -0.137. The fourth-order valence-corrected chi connectivity index (χ4v) is 6.73. The maximum absolute atomic E-state index is 14.3. The van der Waals surface area contributed by atoms with Crippen LogP contribution in [0.2, 0.25) is 20.5 Å². The first kappa shape index (κ1) is 77.0. The highest BCUT2D eigenvalue weighted by molar-refractivity contribution is 6.31. The fraction of sp³-hybridized carbons (Fsp3) is 0.113. The summed E-state index contributed by atoms with van der Waals surface area (Å²) >= 11 is 22.1. The van der Waals surface area contributed by atoms with Crippen molar-refractivity contribution in [3.05, 3.63) is 184 Å². The van der Waals surface area contributed by atoms with Crippen LogP contribution < -0.4 is 37.1 Å². The third kappa shape index (κ3) is 22.6. The van der Waals surface area contributed by atoms with Crippen LogP contribution in [0, 0.1) is 23.3 Å². The maximum Gasteiger partial charge on any atom is 0.417 e. The average molecular weight is 1400 g/mol. The lowest BCUT2D eigenvalue weighted by Gasteiger charge is -2.13. The van der Waals surface area contributed by atoms with Crippen molar-refractivity contribution in [1.82, 2.24) is 85.9 Å². The van der Waals surface area contributed by atoms with Crippen molar-refractivity contribution in [3.63, 3.8) is 0 Å². The van der Waals surface area contributed by atoms with Crippen molar-refractivity contribution in [2.45, 2.75) is 35.9 Å². The van der Waals surface area contributed by atoms with Gasteiger partial charge in [-0.2, -0.15) is 13.2 Å². The number of hydrazine groups is 1. The van der Waals surface area contributed by atoms with Crippen LogP contribution >= 0.6 is 46.4 Å². The molecule has 7 N–H and O–H groups in total. The Bertz CT molecular complexity index is 4180. The van der Waals surface area contributed by atoms with Gasteiger partial charge in [-0.05, 0) is 18.2 Å². The summed E-state index contributed by atoms with van der Waals surface area (Å²) in [5.41, 5.74) is 6.35. The van der Waals surface area contributed by atoms with E-state index in [1.165, 1.54) is 63.1 Å². The first-order valence-electron chi connectivity index (χ1n) is 23.6. The number of rotatable bonds is 11. The summed E-state index contributed by atoms with van der Waals surface area (Å²) < 4.78 is 124. The Morgan fingerprint density at radius 3 is 1.43 bits per heavy atom. The zero-order valence-corrected chi connectivity index (χ0v) is 47.2. The number of hydrogen-bond acceptors (Lipinski definition) is 27. The Morgan fingerprint density at radius 2 is 0.968 bits per heavy atom. The number of nitrogens with one attached hydrogen (secondary N) is 3. The van der Waals surface area contributed by atoms with Crippen molar-refractivity contribution < 1.29 is 72.6 Å². The van der Waals surface area contributed by atoms with E-state index in [1.807, 2.05) is 5.43 Å². The van der Waals surface area contributed by atoms with Gasteiger partial charge < -0.3 is 43.8 Å². The second-order valence-corrected chi connectivity index (χ2v) is 17.5. The molecule has 494 valence electrons. The van der Waals surface area contributed by atoms with Crippen molar-refractivity contribution in [3.8, 4) is 58.0 Å². The van der Waals surface area contributed by atoms with Gasteiger partial charge in [0.2, 0.25) is 30.9 Å². The second-order valence-electron chi connectivity index (χ2n) is 15.9. The molecule has 0 saturated heterocycles. The fourth-order valence-electron chi connectivity index (χ4n) is 6.07. The standard InChI is InChI=1S/C20H10ClF5N6O3.C12H7F2N5O2.C6H3ClN4O.C6H5ClN2O2.C5H5ClN4O.4CH4/c21-11-2-1-9(3-10(11)20(24,25)26)30-19(33)31-14-5-16(13(23)4-12(14)22)35-17-6-15(27-7-28-17)18-32-29-8-34-18;13-6-1-7(14)10(2-8(6)15)21-11-3-9(16-4-17-11)12-19-18-5-20-12;7-5-1-4(8-2-9-5)6-11-10-3-12-6;1-11-6(10)4-2-5(7)9-3-8-4;6-4-1-3(5(11)10-7)8-2-9-4;;;;/h1-8H,(H2,30,31,33);1-5H,15H2;1-3H;2-3H,1H3;1-2H,7H2,(H,10,11);4*1H4. The number of alkyl halides is 3. The van der Waals surface area contributed by atoms with Crippen molar-refractivity contribution in [1.29, 1.82) is 0 Å². The van der Waals surface area contributed by atoms with Gasteiger partial charge in [-0.1, -0.05) is 76.1 Å². The number of esters is 1. The molecule has 11 rings (SSSR count). The second kappa shape index (κ2) is 36.5. The largest absolute Gasteiger partial charge is 0.464 e. The third-order valence-electron chi connectivity index (χ3n) is 9.96. The summed E-state index contributed by atoms with van der Waals surface area (Å²) in [6.45, 7) is 0. The number of carbonyl (C=O) groups excluding carboxylic acids is 3. The van der Waals surface area contributed by atoms with Crippen LogP contribution in [0.1, 0.15) is 56.2 Å². The van der Waals surface area contributed by atoms with Crippen molar-refractivity contribution in [2.24, 2.45) is 5.84 Å². The number of urea groups is 1. The van der Waals surface area contributed by atoms with E-state index in [-0.39, 0.29) is 97.8 Å². The number of halogens is 11. The van der Waals surface area contributed by atoms with Crippen LogP contribution in [0.3, 0.4) is 0 Å². The number of anilines is 3. The number of carbonyl (C=O) groups is 3. The number of aromatic nitrogens is 16. The highest BCUT2D eigenvalue weighted by Crippen LogP contribution is 2.37. The molecule has 94 heavy (non-hydrogen) atoms. The predicted molar refractivity (Wildman–Crippen MR) is 321 cm³/mol. The molecular formula is C53H46Cl4F7N21O9. The quantitative estimate of drug-likeness (QED) is 0.0153. The van der Waals surface area contributed by atoms with Gasteiger partial charge in [0, 0.05) is 60.3 Å². The summed E-state index contributed by atoms with van der Waals surface area (Å²) in [5, 5.41) is 25.9. The van der Waals surface area contributed by atoms with E-state index in [1.54, 1.807) is 6.07 Å². The molecule has 8 heterocycles. The molecule has 0 aliphatic heterocycles. The summed E-state index contributed by atoms with van der Waals surface area (Å²) in [6, 6.07) is 11.3. The van der Waals surface area contributed by atoms with E-state index in [9.17, 15) is 45.1 Å². The molecule has 0 aliphatic carbocycles. The normalized spacial score (nSPS) is 10.0.